The zero-order valence-corrected chi connectivity index (χ0v) is 44.0. The molecule has 3 fully saturated rings. The molecule has 2 bridgehead atoms. The number of fused-ring (bicyclic) bond motifs is 4. The molecule has 2 aromatic carbocycles. The molecule has 8 rings (SSSR count). The van der Waals surface area contributed by atoms with E-state index in [0.717, 1.165) is 0 Å². The van der Waals surface area contributed by atoms with E-state index in [1.165, 1.54) is 48.4 Å². The van der Waals surface area contributed by atoms with E-state index in [1.54, 1.807) is 62.4 Å². The highest BCUT2D eigenvalue weighted by atomic mass is 31.1. The van der Waals surface area contributed by atoms with Gasteiger partial charge in [0.25, 0.3) is 11.5 Å². The van der Waals surface area contributed by atoms with Gasteiger partial charge < -0.3 is 59.5 Å². The van der Waals surface area contributed by atoms with E-state index in [9.17, 15) is 43.0 Å². The van der Waals surface area contributed by atoms with E-state index in [4.69, 9.17) is 38.0 Å². The van der Waals surface area contributed by atoms with Gasteiger partial charge in [0.1, 0.15) is 49.4 Å². The van der Waals surface area contributed by atoms with Crippen LogP contribution in [0.4, 0.5) is 16.4 Å². The Balaban J connectivity index is 0.871. The van der Waals surface area contributed by atoms with E-state index in [2.05, 4.69) is 46.2 Å². The van der Waals surface area contributed by atoms with Crippen molar-refractivity contribution in [3.05, 3.63) is 100 Å². The van der Waals surface area contributed by atoms with Crippen molar-refractivity contribution in [3.63, 3.8) is 0 Å². The van der Waals surface area contributed by atoms with Gasteiger partial charge in [-0.3, -0.25) is 52.5 Å². The fourth-order valence-electron chi connectivity index (χ4n) is 8.68. The molecule has 11 atom stereocenters. The van der Waals surface area contributed by atoms with Gasteiger partial charge in [0.05, 0.1) is 32.2 Å². The Morgan fingerprint density at radius 1 is 0.935 bits per heavy atom. The first-order chi connectivity index (χ1) is 36.9. The average Bonchev–Trinajstić information content (AvgIpc) is 4.13. The van der Waals surface area contributed by atoms with Gasteiger partial charge in [-0.05, 0) is 48.6 Å². The molecule has 0 spiro atoms. The maximum Gasteiger partial charge on any atom is 0.410 e. The number of carbonyl (C=O) groups excluding carboxylic acids is 5. The standard InChI is InChI=1S/C47H58N12O16P2/c1-24(2)36(54-34(60)17-48)43(64)52-25(3)41(62)53-29-11-9-26(10-12-29)19-69-47(66)58(4)18-27-7-5-6-8-31(27)42(63)56-46-55-40-37(44(65)57-46)51-23-59(40)45-39-38(61)33(73-45)21-71-76(67)74-32-16-30(72-35-13-14-49-22-50-35)15-28(32)20-70-77(68)75-39/h5-14,22-25,28,30,32-33,36,38-39,45,61,76-77H,15-21,48H2,1-4H3,(H,52,64)(H,53,62)(H,54,60)(H2,55,56,57,63,65)/t25-,28+,30+,32-,33+,36-,38+,39+,45+/m0/s1. The summed E-state index contributed by atoms with van der Waals surface area (Å²) in [5.74, 6) is -2.95. The van der Waals surface area contributed by atoms with Crippen LogP contribution in [-0.4, -0.2) is 139 Å². The Morgan fingerprint density at radius 2 is 1.69 bits per heavy atom. The average molecular weight is 1110 g/mol. The summed E-state index contributed by atoms with van der Waals surface area (Å²) < 4.78 is 68.3. The molecule has 77 heavy (non-hydrogen) atoms. The molecule has 0 radical (unpaired) electrons. The van der Waals surface area contributed by atoms with Crippen LogP contribution in [0, 0.1) is 11.8 Å². The molecule has 2 saturated heterocycles. The van der Waals surface area contributed by atoms with Crippen LogP contribution in [-0.2, 0) is 64.2 Å². The Labute approximate surface area is 440 Å². The van der Waals surface area contributed by atoms with Gasteiger partial charge in [0.15, 0.2) is 17.4 Å². The molecule has 3 aromatic heterocycles. The molecule has 412 valence electrons. The highest BCUT2D eigenvalue weighted by Gasteiger charge is 2.48. The fraction of sp³-hybridized carbons (Fsp3) is 0.447. The largest absolute Gasteiger partial charge is 0.474 e. The third kappa shape index (κ3) is 14.1. The lowest BCUT2D eigenvalue weighted by atomic mass is 10.0. The second-order valence-corrected chi connectivity index (χ2v) is 20.7. The van der Waals surface area contributed by atoms with Crippen molar-refractivity contribution in [2.45, 2.75) is 95.6 Å². The molecule has 8 N–H and O–H groups in total. The summed E-state index contributed by atoms with van der Waals surface area (Å²) in [5.41, 5.74) is 5.79. The third-order valence-corrected chi connectivity index (χ3v) is 14.5. The van der Waals surface area contributed by atoms with Crippen LogP contribution in [0.2, 0.25) is 0 Å². The minimum atomic E-state index is -3.37. The summed E-state index contributed by atoms with van der Waals surface area (Å²) in [4.78, 5) is 98.2. The van der Waals surface area contributed by atoms with Crippen LogP contribution >= 0.6 is 16.5 Å². The number of rotatable bonds is 16. The Hall–Kier alpha value is -7.00. The highest BCUT2D eigenvalue weighted by molar-refractivity contribution is 7.33. The van der Waals surface area contributed by atoms with Crippen molar-refractivity contribution in [3.8, 4) is 5.88 Å². The summed E-state index contributed by atoms with van der Waals surface area (Å²) in [6.45, 7) is 3.89. The number of amides is 5. The normalized spacial score (nSPS) is 24.2. The van der Waals surface area contributed by atoms with Gasteiger partial charge in [0, 0.05) is 49.4 Å². The maximum absolute atomic E-state index is 13.9. The monoisotopic (exact) mass is 1110 g/mol. The Kier molecular flexibility index (Phi) is 18.6. The lowest BCUT2D eigenvalue weighted by Gasteiger charge is -2.23. The van der Waals surface area contributed by atoms with Crippen LogP contribution in [0.3, 0.4) is 0 Å². The number of aromatic nitrogens is 6. The lowest BCUT2D eigenvalue weighted by Crippen LogP contribution is -2.54. The van der Waals surface area contributed by atoms with Gasteiger partial charge in [-0.1, -0.05) is 44.2 Å². The van der Waals surface area contributed by atoms with Crippen LogP contribution < -0.4 is 37.3 Å². The topological polar surface area (TPSA) is 371 Å². The zero-order chi connectivity index (χ0) is 54.9. The molecule has 5 aromatic rings. The lowest BCUT2D eigenvalue weighted by molar-refractivity contribution is -0.131. The third-order valence-electron chi connectivity index (χ3n) is 12.7. The number of imidazole rings is 1. The number of hydrogen-bond acceptors (Lipinski definition) is 21. The van der Waals surface area contributed by atoms with Crippen molar-refractivity contribution in [2.75, 3.05) is 37.4 Å². The van der Waals surface area contributed by atoms with E-state index in [0.29, 0.717) is 35.5 Å². The smallest absolute Gasteiger partial charge is 0.410 e. The molecule has 30 heteroatoms. The molecule has 28 nitrogen and oxygen atoms in total. The summed E-state index contributed by atoms with van der Waals surface area (Å²) in [6.07, 6.45) is -2.57. The number of nitrogens with one attached hydrogen (secondary N) is 5. The molecule has 1 saturated carbocycles. The number of nitrogens with zero attached hydrogens (tertiary/aromatic N) is 6. The van der Waals surface area contributed by atoms with Gasteiger partial charge in [-0.25, -0.2) is 19.7 Å². The number of anilines is 2. The maximum atomic E-state index is 13.9. The summed E-state index contributed by atoms with van der Waals surface area (Å²) in [6, 6.07) is 12.6. The van der Waals surface area contributed by atoms with Crippen LogP contribution in [0.15, 0.2) is 78.2 Å². The van der Waals surface area contributed by atoms with E-state index < -0.39 is 113 Å². The molecule has 2 unspecified atom stereocenters. The molecular weight excluding hydrogens is 1050 g/mol. The quantitative estimate of drug-likeness (QED) is 0.0696. The van der Waals surface area contributed by atoms with Crippen molar-refractivity contribution >= 4 is 69.0 Å². The van der Waals surface area contributed by atoms with Crippen molar-refractivity contribution in [2.24, 2.45) is 17.6 Å². The van der Waals surface area contributed by atoms with Crippen LogP contribution in [0.1, 0.15) is 61.3 Å². The van der Waals surface area contributed by atoms with E-state index in [1.807, 2.05) is 0 Å². The number of carbonyl (C=O) groups is 5. The molecule has 5 amide bonds. The number of ether oxygens (including phenoxy) is 3. The number of H-pyrrole nitrogens is 1. The second-order valence-electron chi connectivity index (χ2n) is 18.6. The minimum Gasteiger partial charge on any atom is -0.474 e. The van der Waals surface area contributed by atoms with Gasteiger partial charge >= 0.3 is 22.6 Å². The van der Waals surface area contributed by atoms with E-state index in [-0.39, 0.29) is 54.9 Å². The van der Waals surface area contributed by atoms with Crippen LogP contribution in [0.5, 0.6) is 5.88 Å². The fourth-order valence-corrected chi connectivity index (χ4v) is 10.5. The first-order valence-electron chi connectivity index (χ1n) is 24.3. The number of benzene rings is 2. The van der Waals surface area contributed by atoms with Gasteiger partial charge in [-0.2, -0.15) is 4.98 Å². The van der Waals surface area contributed by atoms with Crippen molar-refractivity contribution in [1.29, 1.82) is 0 Å². The summed E-state index contributed by atoms with van der Waals surface area (Å²) in [5, 5.41) is 21.8. The summed E-state index contributed by atoms with van der Waals surface area (Å²) >= 11 is 0. The number of nitrogens with two attached hydrogens (primary N) is 1. The summed E-state index contributed by atoms with van der Waals surface area (Å²) in [7, 11) is -5.08. The molecular formula is C47H58N12O16P2. The zero-order valence-electron chi connectivity index (χ0n) is 42.0. The van der Waals surface area contributed by atoms with Crippen molar-refractivity contribution in [1.82, 2.24) is 45.0 Å². The predicted molar refractivity (Wildman–Crippen MR) is 271 cm³/mol. The molecule has 1 aliphatic carbocycles. The first kappa shape index (κ1) is 56.2. The van der Waals surface area contributed by atoms with Gasteiger partial charge in [-0.15, -0.1) is 0 Å². The van der Waals surface area contributed by atoms with Gasteiger partial charge in [0.2, 0.25) is 29.5 Å². The highest BCUT2D eigenvalue weighted by Crippen LogP contribution is 2.44. The Morgan fingerprint density at radius 3 is 2.43 bits per heavy atom. The van der Waals surface area contributed by atoms with E-state index >= 15 is 0 Å². The number of hydrogen-bond donors (Lipinski definition) is 7. The predicted octanol–water partition coefficient (Wildman–Crippen LogP) is 2.19. The minimum absolute atomic E-state index is 0.0864. The Bertz CT molecular complexity index is 3040. The SMILES string of the molecule is CC(C)[C@H](NC(=O)CN)C(=O)N[C@@H](C)C(=O)Nc1ccc(COC(=O)N(C)Cc2ccccc2C(=O)Nc2nc3c(ncn3[C@@H]3O[C@@H]4CO[PH](=O)O[C@H]5C[C@H](Oc6ccncn6)C[C@@H]5CO[PH](=O)O[C@@H]3[C@@H]4O)c(=O)[nH]2)cc1. The first-order valence-corrected chi connectivity index (χ1v) is 26.8. The second kappa shape index (κ2) is 25.4. The number of aromatic amines is 1. The van der Waals surface area contributed by atoms with Crippen LogP contribution in [0.25, 0.3) is 11.2 Å². The molecule has 2 aliphatic heterocycles. The molecule has 3 aliphatic rings. The number of aliphatic hydroxyl groups is 1. The van der Waals surface area contributed by atoms with Crippen molar-refractivity contribution < 1.29 is 70.5 Å². The molecule has 5 heterocycles. The number of aliphatic hydroxyl groups excluding tert-OH is 1.